The molecule has 10 atom stereocenters. The standard InChI is InChI=1S/C89H147N23O24/c1-45(2)41-56(101-76(132)85(17,18)107-68(124)55(36-39-60(92)117)98-63(119)47(5)94-74(130)83(13,14)105-65(121)49(7)96-75(131)84(15,16)106-64(120)48(6)95-73(129)82(11,12)103-50(8)114)69(125)108-81(9,10)72(128)93-43-61(118)104-87(21,22)78(134)111-89(25,26)80(136)112-40-30-33-57(112)70(126)102-62(46(3)4)71(127)109-88(23,24)79(135)110-86(19,20)77(133)100-54(35-38-59(91)116)67(123)99-53(34-37-58(90)115)66(122)97-52(44-113)42-51-31-28-27-29-32-51/h27-29,31-32,45-49,52-57,62,113H,30,33-44H2,1-26H3,(H2,90,115)(H2,91,116)(H2,92,117)(H,93,128)(H,94,130)(H,95,129)(H,96,131)(H,97,122)(H,98,119)(H,99,123)(H,100,133)(H,101,132)(H,102,126)(H,103,114)(H,104,118)(H,105,121)(H,106,120)(H,107,124)(H,108,125)(H,109,127)(H,110,135)(H,111,134). The normalized spacial score (nSPS) is 18.8. The Labute approximate surface area is 792 Å². The molecule has 0 spiro atoms. The fourth-order valence-electron chi connectivity index (χ4n) is 12.4. The van der Waals surface area contributed by atoms with E-state index in [2.05, 4.69) is 94.9 Å². The van der Waals surface area contributed by atoms with E-state index in [9.17, 15) is 122 Å². The lowest BCUT2D eigenvalue weighted by molar-refractivity contribution is -0.135. The van der Waals surface area contributed by atoms with Crippen molar-refractivity contribution in [2.24, 2.45) is 107 Å². The Morgan fingerprint density at radius 2 is 0.728 bits per heavy atom. The van der Waals surface area contributed by atoms with Crippen LogP contribution in [-0.4, -0.2) is 388 Å². The minimum atomic E-state index is -1.88. The average molecular weight is 1920 g/mol. The van der Waals surface area contributed by atoms with E-state index >= 15 is 0 Å². The first kappa shape index (κ1) is 119. The minimum absolute atomic E-state index is 0.00714. The van der Waals surface area contributed by atoms with Gasteiger partial charge < -0.3 is 122 Å². The molecule has 1 amide bonds. The SMILES string of the molecule is CC(O)=NC(C)(C)C(O)=NC(C)C(O)=NC(C)(C)C(O)=NC(C)C(O)=NC(C)(C)C(O)=NC(C)C(O)=NC(CCC(=N)O)C(O)=NC(C)(C)C(O)=NC(CC(C)C)C(O)=NC(C)(C)C(O)=NCC(O)=NC(C)(C)C(O)=NC(C)(C)C(=O)N1CCCC1C(O)=NC(C(O)=NC(C)(C)C(O)=NC(C)(C)C(O)=NC(CCC(=N)O)C(O)=NC(CCC(=N)O)C(O)=NC(CO)Cc1ccccc1)C(C)C. The van der Waals surface area contributed by atoms with E-state index in [1.165, 1.54) is 157 Å². The summed E-state index contributed by atoms with van der Waals surface area (Å²) in [7, 11) is 0. The molecule has 1 aromatic rings. The average Bonchev–Trinajstić information content (AvgIpc) is 0.898. The van der Waals surface area contributed by atoms with Crippen molar-refractivity contribution in [3.05, 3.63) is 35.9 Å². The molecule has 2 rings (SSSR count). The molecule has 136 heavy (non-hydrogen) atoms. The molecule has 1 saturated heterocycles. The van der Waals surface area contributed by atoms with Crippen LogP contribution in [0.1, 0.15) is 243 Å². The summed E-state index contributed by atoms with van der Waals surface area (Å²) in [5.74, 6) is -17.7. The number of benzene rings is 1. The number of aliphatic hydroxyl groups excluding tert-OH is 23. The predicted molar refractivity (Wildman–Crippen MR) is 535 cm³/mol. The summed E-state index contributed by atoms with van der Waals surface area (Å²) in [5.41, 5.74) is -15.0. The lowest BCUT2D eigenvalue weighted by atomic mass is 10.0. The molecule has 762 valence electrons. The topological polar surface area (TPSA) is 792 Å². The number of hydrogen-bond acceptors (Lipinski definition) is 24. The van der Waals surface area contributed by atoms with Gasteiger partial charge in [0, 0.05) is 32.7 Å². The van der Waals surface area contributed by atoms with Gasteiger partial charge >= 0.3 is 0 Å². The number of rotatable bonds is 53. The van der Waals surface area contributed by atoms with Gasteiger partial charge in [-0.1, -0.05) is 58.0 Å². The number of nitrogens with zero attached hydrogens (tertiary/aromatic N) is 20. The van der Waals surface area contributed by atoms with E-state index in [-0.39, 0.29) is 63.3 Å². The Bertz CT molecular complexity index is 4920. The Hall–Kier alpha value is -13.0. The van der Waals surface area contributed by atoms with Crippen LogP contribution in [0.3, 0.4) is 0 Å². The third kappa shape index (κ3) is 38.0. The van der Waals surface area contributed by atoms with Gasteiger partial charge in [0.1, 0.15) is 111 Å². The number of likely N-dealkylation sites (tertiary alicyclic amines) is 1. The third-order valence-electron chi connectivity index (χ3n) is 20.7. The summed E-state index contributed by atoms with van der Waals surface area (Å²) in [5, 5.41) is 276. The van der Waals surface area contributed by atoms with E-state index in [1.807, 2.05) is 0 Å². The fraction of sp³-hybridized carbons (Fsp3) is 0.674. The highest BCUT2D eigenvalue weighted by molar-refractivity contribution is 6.01. The van der Waals surface area contributed by atoms with Gasteiger partial charge in [-0.05, 0) is 208 Å². The molecule has 0 aliphatic carbocycles. The molecule has 0 aromatic heterocycles. The minimum Gasteiger partial charge on any atom is -0.497 e. The van der Waals surface area contributed by atoms with Crippen molar-refractivity contribution < 1.29 is 122 Å². The number of carbonyl (C=O) groups is 1. The zero-order valence-corrected chi connectivity index (χ0v) is 82.6. The maximum Gasteiger partial charge on any atom is 0.250 e. The number of aliphatic imine (C=N–C) groups is 19. The summed E-state index contributed by atoms with van der Waals surface area (Å²) < 4.78 is 0. The molecule has 0 bridgehead atoms. The van der Waals surface area contributed by atoms with Crippen LogP contribution in [0.5, 0.6) is 0 Å². The second kappa shape index (κ2) is 50.0. The fourth-order valence-corrected chi connectivity index (χ4v) is 12.4. The van der Waals surface area contributed by atoms with Gasteiger partial charge in [0.05, 0.1) is 12.6 Å². The van der Waals surface area contributed by atoms with Crippen molar-refractivity contribution >= 4 is 136 Å². The van der Waals surface area contributed by atoms with Gasteiger partial charge in [-0.2, -0.15) is 0 Å². The number of amides is 1. The van der Waals surface area contributed by atoms with Crippen molar-refractivity contribution in [3.63, 3.8) is 0 Å². The molecule has 47 nitrogen and oxygen atoms in total. The largest absolute Gasteiger partial charge is 0.497 e. The van der Waals surface area contributed by atoms with Crippen LogP contribution in [-0.2, 0) is 11.2 Å². The van der Waals surface area contributed by atoms with Crippen molar-refractivity contribution in [1.82, 2.24) is 4.90 Å². The van der Waals surface area contributed by atoms with E-state index in [4.69, 9.17) is 16.2 Å². The van der Waals surface area contributed by atoms with Crippen LogP contribution in [0.25, 0.3) is 0 Å². The summed E-state index contributed by atoms with van der Waals surface area (Å²) in [4.78, 5) is 95.0. The highest BCUT2D eigenvalue weighted by Crippen LogP contribution is 2.30. The first-order valence-electron chi connectivity index (χ1n) is 44.1. The molecular weight excluding hydrogens is 1780 g/mol. The van der Waals surface area contributed by atoms with E-state index in [0.717, 1.165) is 5.56 Å². The van der Waals surface area contributed by atoms with Gasteiger partial charge in [-0.25, -0.2) is 94.9 Å². The molecule has 1 heterocycles. The number of carbonyl (C=O) groups excluding carboxylic acids is 1. The zero-order valence-electron chi connectivity index (χ0n) is 82.6. The second-order valence-electron chi connectivity index (χ2n) is 38.3. The number of aliphatic hydroxyl groups is 23. The zero-order chi connectivity index (χ0) is 105. The van der Waals surface area contributed by atoms with Crippen molar-refractivity contribution in [3.8, 4) is 0 Å². The van der Waals surface area contributed by atoms with Crippen LogP contribution in [0.2, 0.25) is 0 Å². The van der Waals surface area contributed by atoms with Crippen LogP contribution < -0.4 is 0 Å². The highest BCUT2D eigenvalue weighted by Gasteiger charge is 2.44. The van der Waals surface area contributed by atoms with Crippen molar-refractivity contribution in [2.75, 3.05) is 19.7 Å². The van der Waals surface area contributed by atoms with E-state index in [0.29, 0.717) is 6.42 Å². The van der Waals surface area contributed by atoms with E-state index < -0.39 is 272 Å². The van der Waals surface area contributed by atoms with Crippen molar-refractivity contribution in [1.29, 1.82) is 16.2 Å². The molecule has 1 aliphatic heterocycles. The lowest BCUT2D eigenvalue weighted by Crippen LogP contribution is -2.50. The van der Waals surface area contributed by atoms with Gasteiger partial charge in [0.15, 0.2) is 23.6 Å². The Morgan fingerprint density at radius 1 is 0.382 bits per heavy atom. The lowest BCUT2D eigenvalue weighted by Gasteiger charge is -2.31. The maximum atomic E-state index is 14.5. The Kier molecular flexibility index (Phi) is 43.8. The molecule has 26 N–H and O–H groups in total. The summed E-state index contributed by atoms with van der Waals surface area (Å²) in [6.45, 7) is 35.3. The van der Waals surface area contributed by atoms with Gasteiger partial charge in [-0.3, -0.25) is 21.0 Å². The Balaban J connectivity index is 2.49. The van der Waals surface area contributed by atoms with Crippen LogP contribution in [0.15, 0.2) is 125 Å². The molecule has 1 fully saturated rings. The third-order valence-corrected chi connectivity index (χ3v) is 20.7. The molecule has 0 saturated carbocycles. The monoisotopic (exact) mass is 1920 g/mol. The summed E-state index contributed by atoms with van der Waals surface area (Å²) >= 11 is 0. The smallest absolute Gasteiger partial charge is 0.250 e. The van der Waals surface area contributed by atoms with Crippen LogP contribution in [0, 0.1) is 28.1 Å². The molecule has 1 aromatic carbocycles. The van der Waals surface area contributed by atoms with Gasteiger partial charge in [0.2, 0.25) is 106 Å². The Morgan fingerprint density at radius 3 is 1.15 bits per heavy atom. The first-order valence-corrected chi connectivity index (χ1v) is 44.1. The van der Waals surface area contributed by atoms with Crippen molar-refractivity contribution in [2.45, 2.75) is 354 Å². The van der Waals surface area contributed by atoms with Crippen LogP contribution in [0.4, 0.5) is 0 Å². The summed E-state index contributed by atoms with van der Waals surface area (Å²) in [6.07, 6.45) is -1.47. The molecular formula is C89H147N23O24. The van der Waals surface area contributed by atoms with E-state index in [1.54, 1.807) is 58.0 Å². The van der Waals surface area contributed by atoms with Gasteiger partial charge in [-0.15, -0.1) is 0 Å². The molecule has 1 aliphatic rings. The second-order valence-corrected chi connectivity index (χ2v) is 38.3. The first-order chi connectivity index (χ1) is 62.1. The van der Waals surface area contributed by atoms with Crippen LogP contribution >= 0.6 is 0 Å². The number of nitrogens with one attached hydrogen (secondary N) is 3. The predicted octanol–water partition coefficient (Wildman–Crippen LogP) is 13.4. The highest BCUT2D eigenvalue weighted by atomic mass is 16.3. The molecule has 47 heteroatoms. The summed E-state index contributed by atoms with van der Waals surface area (Å²) in [6, 6.07) is -4.22. The quantitative estimate of drug-likeness (QED) is 0.0213. The van der Waals surface area contributed by atoms with Gasteiger partial charge in [0.25, 0.3) is 5.91 Å². The molecule has 10 unspecified atom stereocenters. The molecule has 0 radical (unpaired) electrons. The maximum absolute atomic E-state index is 14.5. The number of hydrogen-bond donors (Lipinski definition) is 26.